The van der Waals surface area contributed by atoms with Gasteiger partial charge in [0.1, 0.15) is 11.5 Å². The molecule has 19 heavy (non-hydrogen) atoms. The van der Waals surface area contributed by atoms with Crippen LogP contribution in [0, 0.1) is 11.8 Å². The minimum absolute atomic E-state index is 0.685. The van der Waals surface area contributed by atoms with Crippen LogP contribution in [0.2, 0.25) is 0 Å². The number of piperidine rings is 1. The van der Waals surface area contributed by atoms with Crippen LogP contribution in [0.1, 0.15) is 45.1 Å². The maximum atomic E-state index is 5.89. The Labute approximate surface area is 117 Å². The van der Waals surface area contributed by atoms with Crippen molar-refractivity contribution in [2.45, 2.75) is 46.7 Å². The molecule has 108 valence electrons. The van der Waals surface area contributed by atoms with Crippen molar-refractivity contribution < 1.29 is 4.42 Å². The molecular formula is C16H28N2O. The van der Waals surface area contributed by atoms with E-state index in [0.29, 0.717) is 5.92 Å². The minimum atomic E-state index is 0.685. The van der Waals surface area contributed by atoms with E-state index in [2.05, 4.69) is 43.1 Å². The third-order valence-corrected chi connectivity index (χ3v) is 3.82. The Balaban J connectivity index is 1.74. The van der Waals surface area contributed by atoms with Gasteiger partial charge in [-0.15, -0.1) is 0 Å². The summed E-state index contributed by atoms with van der Waals surface area (Å²) in [5.74, 6) is 3.74. The van der Waals surface area contributed by atoms with Crippen LogP contribution in [0.4, 0.5) is 0 Å². The van der Waals surface area contributed by atoms with Gasteiger partial charge in [0.05, 0.1) is 13.1 Å². The highest BCUT2D eigenvalue weighted by Crippen LogP contribution is 2.19. The first-order valence-electron chi connectivity index (χ1n) is 7.64. The average molecular weight is 264 g/mol. The Hall–Kier alpha value is -0.800. The predicted octanol–water partition coefficient (Wildman–Crippen LogP) is 3.26. The SMILES string of the molecule is CC(C)CNCc1ccc(CN2CCC(C)CC2)o1. The Morgan fingerprint density at radius 3 is 2.63 bits per heavy atom. The molecule has 0 atom stereocenters. The smallest absolute Gasteiger partial charge is 0.118 e. The molecule has 1 saturated heterocycles. The third kappa shape index (κ3) is 5.00. The van der Waals surface area contributed by atoms with Gasteiger partial charge in [-0.3, -0.25) is 4.90 Å². The summed E-state index contributed by atoms with van der Waals surface area (Å²) in [5, 5.41) is 3.42. The number of nitrogens with one attached hydrogen (secondary N) is 1. The number of rotatable bonds is 6. The molecule has 1 aromatic heterocycles. The minimum Gasteiger partial charge on any atom is -0.463 e. The van der Waals surface area contributed by atoms with Crippen LogP contribution in [0.15, 0.2) is 16.5 Å². The Bertz CT molecular complexity index is 365. The van der Waals surface area contributed by atoms with E-state index in [1.54, 1.807) is 0 Å². The summed E-state index contributed by atoms with van der Waals surface area (Å²) in [6, 6.07) is 4.24. The Morgan fingerprint density at radius 1 is 1.26 bits per heavy atom. The number of hydrogen-bond donors (Lipinski definition) is 1. The summed E-state index contributed by atoms with van der Waals surface area (Å²) in [6.45, 7) is 12.1. The summed E-state index contributed by atoms with van der Waals surface area (Å²) >= 11 is 0. The molecule has 0 aromatic carbocycles. The lowest BCUT2D eigenvalue weighted by Crippen LogP contribution is -2.32. The van der Waals surface area contributed by atoms with Crippen molar-refractivity contribution >= 4 is 0 Å². The number of nitrogens with zero attached hydrogens (tertiary/aromatic N) is 1. The molecule has 3 nitrogen and oxygen atoms in total. The van der Waals surface area contributed by atoms with E-state index >= 15 is 0 Å². The van der Waals surface area contributed by atoms with Crippen molar-refractivity contribution in [1.29, 1.82) is 0 Å². The molecular weight excluding hydrogens is 236 g/mol. The van der Waals surface area contributed by atoms with E-state index in [1.807, 2.05) is 0 Å². The van der Waals surface area contributed by atoms with Gasteiger partial charge >= 0.3 is 0 Å². The lowest BCUT2D eigenvalue weighted by molar-refractivity contribution is 0.172. The van der Waals surface area contributed by atoms with E-state index < -0.39 is 0 Å². The summed E-state index contributed by atoms with van der Waals surface area (Å²) in [7, 11) is 0. The second-order valence-electron chi connectivity index (χ2n) is 6.35. The van der Waals surface area contributed by atoms with Gasteiger partial charge < -0.3 is 9.73 Å². The first kappa shape index (κ1) is 14.6. The average Bonchev–Trinajstić information content (AvgIpc) is 2.79. The summed E-state index contributed by atoms with van der Waals surface area (Å²) in [6.07, 6.45) is 2.65. The van der Waals surface area contributed by atoms with Gasteiger partial charge in [-0.1, -0.05) is 20.8 Å². The highest BCUT2D eigenvalue weighted by atomic mass is 16.3. The first-order chi connectivity index (χ1) is 9.13. The van der Waals surface area contributed by atoms with Gasteiger partial charge in [0.2, 0.25) is 0 Å². The van der Waals surface area contributed by atoms with Crippen molar-refractivity contribution in [3.05, 3.63) is 23.7 Å². The lowest BCUT2D eigenvalue weighted by Gasteiger charge is -2.29. The molecule has 0 amide bonds. The van der Waals surface area contributed by atoms with Crippen molar-refractivity contribution in [3.63, 3.8) is 0 Å². The van der Waals surface area contributed by atoms with Crippen molar-refractivity contribution in [1.82, 2.24) is 10.2 Å². The molecule has 1 aliphatic rings. The van der Waals surface area contributed by atoms with Gasteiger partial charge in [0, 0.05) is 0 Å². The van der Waals surface area contributed by atoms with Crippen molar-refractivity contribution in [2.75, 3.05) is 19.6 Å². The summed E-state index contributed by atoms with van der Waals surface area (Å²) in [4.78, 5) is 2.50. The van der Waals surface area contributed by atoms with E-state index in [-0.39, 0.29) is 0 Å². The predicted molar refractivity (Wildman–Crippen MR) is 78.9 cm³/mol. The second-order valence-corrected chi connectivity index (χ2v) is 6.35. The summed E-state index contributed by atoms with van der Waals surface area (Å²) < 4.78 is 5.89. The van der Waals surface area contributed by atoms with Crippen LogP contribution < -0.4 is 5.32 Å². The van der Waals surface area contributed by atoms with E-state index in [4.69, 9.17) is 4.42 Å². The van der Waals surface area contributed by atoms with Crippen LogP contribution in [0.25, 0.3) is 0 Å². The zero-order valence-electron chi connectivity index (χ0n) is 12.6. The molecule has 0 radical (unpaired) electrons. The number of furan rings is 1. The third-order valence-electron chi connectivity index (χ3n) is 3.82. The molecule has 0 unspecified atom stereocenters. The molecule has 1 fully saturated rings. The van der Waals surface area contributed by atoms with Crippen LogP contribution in [0.3, 0.4) is 0 Å². The topological polar surface area (TPSA) is 28.4 Å². The molecule has 3 heteroatoms. The van der Waals surface area contributed by atoms with Crippen LogP contribution in [-0.4, -0.2) is 24.5 Å². The summed E-state index contributed by atoms with van der Waals surface area (Å²) in [5.41, 5.74) is 0. The molecule has 0 bridgehead atoms. The Kier molecular flexibility index (Phi) is 5.46. The highest BCUT2D eigenvalue weighted by molar-refractivity contribution is 5.07. The molecule has 0 saturated carbocycles. The molecule has 2 heterocycles. The standard InChI is InChI=1S/C16H28N2O/c1-13(2)10-17-11-15-4-5-16(19-15)12-18-8-6-14(3)7-9-18/h4-5,13-14,17H,6-12H2,1-3H3. The quantitative estimate of drug-likeness (QED) is 0.855. The van der Waals surface area contributed by atoms with Gasteiger partial charge in [0.25, 0.3) is 0 Å². The molecule has 0 aliphatic carbocycles. The molecule has 1 N–H and O–H groups in total. The highest BCUT2D eigenvalue weighted by Gasteiger charge is 2.16. The normalized spacial score (nSPS) is 18.3. The zero-order chi connectivity index (χ0) is 13.7. The van der Waals surface area contributed by atoms with Gasteiger partial charge in [-0.2, -0.15) is 0 Å². The van der Waals surface area contributed by atoms with Gasteiger partial charge in [-0.25, -0.2) is 0 Å². The maximum Gasteiger partial charge on any atom is 0.118 e. The number of likely N-dealkylation sites (tertiary alicyclic amines) is 1. The first-order valence-corrected chi connectivity index (χ1v) is 7.64. The maximum absolute atomic E-state index is 5.89. The zero-order valence-corrected chi connectivity index (χ0v) is 12.6. The second kappa shape index (κ2) is 7.11. The molecule has 0 spiro atoms. The van der Waals surface area contributed by atoms with Crippen LogP contribution in [0.5, 0.6) is 0 Å². The van der Waals surface area contributed by atoms with Gasteiger partial charge in [0.15, 0.2) is 0 Å². The fraction of sp³-hybridized carbons (Fsp3) is 0.750. The van der Waals surface area contributed by atoms with Crippen molar-refractivity contribution in [2.24, 2.45) is 11.8 Å². The van der Waals surface area contributed by atoms with E-state index in [1.165, 1.54) is 25.9 Å². The van der Waals surface area contributed by atoms with E-state index in [9.17, 15) is 0 Å². The molecule has 1 aliphatic heterocycles. The van der Waals surface area contributed by atoms with Crippen LogP contribution in [-0.2, 0) is 13.1 Å². The number of hydrogen-bond acceptors (Lipinski definition) is 3. The lowest BCUT2D eigenvalue weighted by atomic mass is 9.99. The van der Waals surface area contributed by atoms with E-state index in [0.717, 1.165) is 37.1 Å². The fourth-order valence-electron chi connectivity index (χ4n) is 2.53. The van der Waals surface area contributed by atoms with Crippen LogP contribution >= 0.6 is 0 Å². The Morgan fingerprint density at radius 2 is 1.95 bits per heavy atom. The molecule has 1 aromatic rings. The van der Waals surface area contributed by atoms with Crippen molar-refractivity contribution in [3.8, 4) is 0 Å². The molecule has 2 rings (SSSR count). The monoisotopic (exact) mass is 264 g/mol. The fourth-order valence-corrected chi connectivity index (χ4v) is 2.53. The largest absolute Gasteiger partial charge is 0.463 e. The van der Waals surface area contributed by atoms with Gasteiger partial charge in [-0.05, 0) is 56.4 Å².